The summed E-state index contributed by atoms with van der Waals surface area (Å²) in [6.45, 7) is 13.9. The molecular formula is C31H49NO10. The number of rotatable bonds is 19. The second-order valence-electron chi connectivity index (χ2n) is 11.2. The minimum Gasteiger partial charge on any atom is -0.477 e. The molecule has 11 heteroatoms. The number of carboxylic acid groups (broad SMARTS) is 1. The summed E-state index contributed by atoms with van der Waals surface area (Å²) < 4.78 is 26.5. The third-order valence-corrected chi connectivity index (χ3v) is 6.39. The maximum Gasteiger partial charge on any atom is 0.513 e. The predicted molar refractivity (Wildman–Crippen MR) is 156 cm³/mol. The molecule has 0 saturated carbocycles. The van der Waals surface area contributed by atoms with E-state index in [0.29, 0.717) is 43.1 Å². The van der Waals surface area contributed by atoms with Crippen molar-refractivity contribution in [3.8, 4) is 11.5 Å². The third-order valence-electron chi connectivity index (χ3n) is 6.39. The minimum atomic E-state index is -2.09. The maximum atomic E-state index is 12.7. The average molecular weight is 596 g/mol. The molecule has 0 aliphatic rings. The standard InChI is InChI=1S/C31H49NO10/c1-8-10-11-12-27(33)42-31(28(34)35,32-23(7)9-2)20-24-13-14-25(40-29(36)38-17-15-21(3)4)26(19-24)41-30(37)39-18-16-22(5)6/h13-14,19,21-23,32H,8-12,15-18,20H2,1-7H3,(H,34,35)/t23?,31-/m0/s1. The molecule has 0 fully saturated rings. The summed E-state index contributed by atoms with van der Waals surface area (Å²) in [6.07, 6.45) is 1.88. The van der Waals surface area contributed by atoms with Crippen LogP contribution >= 0.6 is 0 Å². The van der Waals surface area contributed by atoms with E-state index in [1.807, 2.05) is 41.5 Å². The Kier molecular flexibility index (Phi) is 16.6. The van der Waals surface area contributed by atoms with Gasteiger partial charge in [-0.1, -0.05) is 60.5 Å². The monoisotopic (exact) mass is 595 g/mol. The van der Waals surface area contributed by atoms with E-state index in [2.05, 4.69) is 5.32 Å². The molecule has 0 aliphatic carbocycles. The van der Waals surface area contributed by atoms with Gasteiger partial charge in [-0.25, -0.2) is 14.4 Å². The number of carbonyl (C=O) groups is 4. The molecule has 0 bridgehead atoms. The van der Waals surface area contributed by atoms with E-state index < -0.39 is 30.0 Å². The summed E-state index contributed by atoms with van der Waals surface area (Å²) in [5, 5.41) is 13.2. The fraction of sp³-hybridized carbons (Fsp3) is 0.677. The molecule has 0 radical (unpaired) electrons. The highest BCUT2D eigenvalue weighted by Crippen LogP contribution is 2.32. The Morgan fingerprint density at radius 3 is 1.93 bits per heavy atom. The molecule has 0 aliphatic heterocycles. The van der Waals surface area contributed by atoms with Gasteiger partial charge in [0.25, 0.3) is 5.72 Å². The third kappa shape index (κ3) is 14.0. The fourth-order valence-electron chi connectivity index (χ4n) is 3.67. The number of unbranched alkanes of at least 4 members (excludes halogenated alkanes) is 2. The molecule has 1 aromatic rings. The van der Waals surface area contributed by atoms with Crippen molar-refractivity contribution in [2.24, 2.45) is 11.8 Å². The van der Waals surface area contributed by atoms with Crippen LogP contribution in [0.15, 0.2) is 18.2 Å². The van der Waals surface area contributed by atoms with Crippen molar-refractivity contribution >= 4 is 24.2 Å². The van der Waals surface area contributed by atoms with Crippen molar-refractivity contribution in [2.75, 3.05) is 13.2 Å². The van der Waals surface area contributed by atoms with Crippen molar-refractivity contribution in [1.82, 2.24) is 5.32 Å². The Morgan fingerprint density at radius 2 is 1.43 bits per heavy atom. The van der Waals surface area contributed by atoms with Crippen molar-refractivity contribution in [3.63, 3.8) is 0 Å². The number of esters is 1. The van der Waals surface area contributed by atoms with Crippen LogP contribution in [0.25, 0.3) is 0 Å². The lowest BCUT2D eigenvalue weighted by atomic mass is 10.00. The molecule has 1 aromatic carbocycles. The lowest BCUT2D eigenvalue weighted by Gasteiger charge is -2.33. The number of hydrogen-bond donors (Lipinski definition) is 2. The fourth-order valence-corrected chi connectivity index (χ4v) is 3.67. The Hall–Kier alpha value is -3.34. The molecule has 0 spiro atoms. The van der Waals surface area contributed by atoms with Gasteiger partial charge in [0.05, 0.1) is 13.2 Å². The van der Waals surface area contributed by atoms with Crippen LogP contribution in [-0.4, -0.2) is 54.3 Å². The van der Waals surface area contributed by atoms with Gasteiger partial charge in [0.15, 0.2) is 11.5 Å². The number of benzene rings is 1. The first kappa shape index (κ1) is 36.7. The number of carbonyl (C=O) groups excluding carboxylic acids is 3. The smallest absolute Gasteiger partial charge is 0.477 e. The van der Waals surface area contributed by atoms with Gasteiger partial charge in [-0.2, -0.15) is 0 Å². The summed E-state index contributed by atoms with van der Waals surface area (Å²) in [4.78, 5) is 50.0. The highest BCUT2D eigenvalue weighted by molar-refractivity contribution is 5.82. The SMILES string of the molecule is CCCCCC(=O)O[C@](Cc1ccc(OC(=O)OCCC(C)C)c(OC(=O)OCCC(C)C)c1)(NC(C)CC)C(=O)O. The van der Waals surface area contributed by atoms with Crippen molar-refractivity contribution in [1.29, 1.82) is 0 Å². The maximum absolute atomic E-state index is 12.7. The first-order valence-electron chi connectivity index (χ1n) is 14.9. The van der Waals surface area contributed by atoms with Crippen molar-refractivity contribution in [2.45, 2.75) is 112 Å². The molecule has 0 saturated heterocycles. The Balaban J connectivity index is 3.34. The van der Waals surface area contributed by atoms with E-state index in [-0.39, 0.29) is 43.6 Å². The van der Waals surface area contributed by atoms with Gasteiger partial charge in [-0.15, -0.1) is 0 Å². The molecule has 2 atom stereocenters. The van der Waals surface area contributed by atoms with E-state index in [1.165, 1.54) is 18.2 Å². The van der Waals surface area contributed by atoms with Crippen LogP contribution in [0.3, 0.4) is 0 Å². The topological polar surface area (TPSA) is 147 Å². The molecule has 0 amide bonds. The van der Waals surface area contributed by atoms with Gasteiger partial charge >= 0.3 is 24.2 Å². The van der Waals surface area contributed by atoms with Crippen LogP contribution in [0.5, 0.6) is 11.5 Å². The lowest BCUT2D eigenvalue weighted by Crippen LogP contribution is -2.59. The van der Waals surface area contributed by atoms with Gasteiger partial charge in [0.2, 0.25) is 0 Å². The average Bonchev–Trinajstić information content (AvgIpc) is 2.89. The Bertz CT molecular complexity index is 1010. The predicted octanol–water partition coefficient (Wildman–Crippen LogP) is 6.64. The van der Waals surface area contributed by atoms with Gasteiger partial charge in [0, 0.05) is 18.9 Å². The second kappa shape index (κ2) is 19.0. The zero-order valence-corrected chi connectivity index (χ0v) is 26.2. The van der Waals surface area contributed by atoms with Crippen molar-refractivity contribution < 1.29 is 48.0 Å². The summed E-state index contributed by atoms with van der Waals surface area (Å²) >= 11 is 0. The van der Waals surface area contributed by atoms with Gasteiger partial charge in [0.1, 0.15) is 0 Å². The van der Waals surface area contributed by atoms with E-state index in [9.17, 15) is 24.3 Å². The number of ether oxygens (including phenoxy) is 5. The molecular weight excluding hydrogens is 546 g/mol. The van der Waals surface area contributed by atoms with E-state index in [1.54, 1.807) is 6.92 Å². The molecule has 238 valence electrons. The minimum absolute atomic E-state index is 0.0767. The Labute approximate surface area is 249 Å². The Morgan fingerprint density at radius 1 is 0.857 bits per heavy atom. The summed E-state index contributed by atoms with van der Waals surface area (Å²) in [5.74, 6) is -1.71. The second-order valence-corrected chi connectivity index (χ2v) is 11.2. The number of carboxylic acids is 1. The van der Waals surface area contributed by atoms with Crippen LogP contribution in [0, 0.1) is 11.8 Å². The summed E-state index contributed by atoms with van der Waals surface area (Å²) in [5.41, 5.74) is -1.76. The largest absolute Gasteiger partial charge is 0.513 e. The number of nitrogens with one attached hydrogen (secondary N) is 1. The highest BCUT2D eigenvalue weighted by atomic mass is 16.7. The van der Waals surface area contributed by atoms with Crippen LogP contribution in [0.1, 0.15) is 99.0 Å². The molecule has 1 unspecified atom stereocenters. The molecule has 2 N–H and O–H groups in total. The first-order chi connectivity index (χ1) is 19.8. The van der Waals surface area contributed by atoms with Crippen LogP contribution in [0.4, 0.5) is 9.59 Å². The summed E-state index contributed by atoms with van der Waals surface area (Å²) in [6, 6.07) is 3.89. The van der Waals surface area contributed by atoms with E-state index in [0.717, 1.165) is 12.8 Å². The molecule has 1 rings (SSSR count). The number of hydrogen-bond acceptors (Lipinski definition) is 10. The van der Waals surface area contributed by atoms with Gasteiger partial charge in [-0.3, -0.25) is 10.1 Å². The normalized spacial score (nSPS) is 13.3. The van der Waals surface area contributed by atoms with E-state index in [4.69, 9.17) is 23.7 Å². The molecule has 42 heavy (non-hydrogen) atoms. The molecule has 0 aromatic heterocycles. The van der Waals surface area contributed by atoms with E-state index >= 15 is 0 Å². The van der Waals surface area contributed by atoms with Gasteiger partial charge < -0.3 is 28.8 Å². The lowest BCUT2D eigenvalue weighted by molar-refractivity contribution is -0.184. The van der Waals surface area contributed by atoms with Gasteiger partial charge in [-0.05, 0) is 62.1 Å². The quantitative estimate of drug-likeness (QED) is 0.0583. The van der Waals surface area contributed by atoms with Crippen LogP contribution in [0.2, 0.25) is 0 Å². The number of aliphatic carboxylic acids is 1. The zero-order chi connectivity index (χ0) is 31.7. The molecule has 11 nitrogen and oxygen atoms in total. The van der Waals surface area contributed by atoms with Crippen LogP contribution < -0.4 is 14.8 Å². The zero-order valence-electron chi connectivity index (χ0n) is 26.2. The van der Waals surface area contributed by atoms with Crippen LogP contribution in [-0.2, 0) is 30.2 Å². The highest BCUT2D eigenvalue weighted by Gasteiger charge is 2.44. The van der Waals surface area contributed by atoms with Crippen molar-refractivity contribution in [3.05, 3.63) is 23.8 Å². The first-order valence-corrected chi connectivity index (χ1v) is 14.9. The molecule has 0 heterocycles. The summed E-state index contributed by atoms with van der Waals surface area (Å²) in [7, 11) is 0.